The van der Waals surface area contributed by atoms with E-state index in [-0.39, 0.29) is 17.9 Å². The van der Waals surface area contributed by atoms with Gasteiger partial charge in [0.15, 0.2) is 0 Å². The molecule has 2 fully saturated rings. The molecule has 0 aliphatic carbocycles. The maximum Gasteiger partial charge on any atom is 0.309 e. The Morgan fingerprint density at radius 2 is 2.19 bits per heavy atom. The molecule has 2 aliphatic rings. The Bertz CT molecular complexity index is 391. The van der Waals surface area contributed by atoms with Gasteiger partial charge in [-0.15, -0.1) is 0 Å². The molecule has 6 heteroatoms. The van der Waals surface area contributed by atoms with Crippen LogP contribution in [-0.4, -0.2) is 60.8 Å². The molecule has 2 heterocycles. The van der Waals surface area contributed by atoms with Gasteiger partial charge in [-0.1, -0.05) is 0 Å². The first kappa shape index (κ1) is 16.2. The van der Waals surface area contributed by atoms with Gasteiger partial charge in [0.2, 0.25) is 5.91 Å². The minimum absolute atomic E-state index is 0.0121. The molecule has 0 bridgehead atoms. The van der Waals surface area contributed by atoms with Gasteiger partial charge in [-0.25, -0.2) is 0 Å². The van der Waals surface area contributed by atoms with Crippen molar-refractivity contribution >= 4 is 11.9 Å². The zero-order valence-corrected chi connectivity index (χ0v) is 12.9. The van der Waals surface area contributed by atoms with Gasteiger partial charge < -0.3 is 20.1 Å². The predicted molar refractivity (Wildman–Crippen MR) is 77.9 cm³/mol. The van der Waals surface area contributed by atoms with Gasteiger partial charge in [0.05, 0.1) is 24.5 Å². The van der Waals surface area contributed by atoms with Gasteiger partial charge in [-0.05, 0) is 32.6 Å². The Kier molecular flexibility index (Phi) is 5.22. The topological polar surface area (TPSA) is 78.9 Å². The number of aliphatic carboxylic acids is 1. The van der Waals surface area contributed by atoms with Gasteiger partial charge in [-0.2, -0.15) is 0 Å². The summed E-state index contributed by atoms with van der Waals surface area (Å²) in [5, 5.41) is 12.6. The summed E-state index contributed by atoms with van der Waals surface area (Å²) in [6.45, 7) is 6.97. The molecular weight excluding hydrogens is 272 g/mol. The lowest BCUT2D eigenvalue weighted by atomic mass is 9.74. The molecule has 0 aromatic rings. The summed E-state index contributed by atoms with van der Waals surface area (Å²) in [5.74, 6) is -0.700. The van der Waals surface area contributed by atoms with Gasteiger partial charge in [0.1, 0.15) is 0 Å². The summed E-state index contributed by atoms with van der Waals surface area (Å²) in [6, 6.07) is 0. The Labute approximate surface area is 125 Å². The van der Waals surface area contributed by atoms with Crippen molar-refractivity contribution in [3.05, 3.63) is 0 Å². The molecule has 0 spiro atoms. The number of nitrogens with one attached hydrogen (secondary N) is 1. The Balaban J connectivity index is 1.90. The fourth-order valence-electron chi connectivity index (χ4n) is 3.04. The number of ether oxygens (including phenoxy) is 1. The normalized spacial score (nSPS) is 27.4. The van der Waals surface area contributed by atoms with Crippen molar-refractivity contribution in [1.82, 2.24) is 10.2 Å². The average Bonchev–Trinajstić information content (AvgIpc) is 2.48. The Morgan fingerprint density at radius 3 is 2.81 bits per heavy atom. The van der Waals surface area contributed by atoms with Crippen LogP contribution in [0.3, 0.4) is 0 Å². The number of morpholine rings is 1. The van der Waals surface area contributed by atoms with Crippen LogP contribution in [0.15, 0.2) is 0 Å². The monoisotopic (exact) mass is 298 g/mol. The quantitative estimate of drug-likeness (QED) is 0.799. The van der Waals surface area contributed by atoms with Crippen molar-refractivity contribution in [2.45, 2.75) is 39.2 Å². The second-order valence-electron chi connectivity index (χ2n) is 6.61. The highest BCUT2D eigenvalue weighted by molar-refractivity contribution is 5.77. The number of likely N-dealkylation sites (tertiary alicyclic amines) is 1. The fraction of sp³-hybridized carbons (Fsp3) is 0.867. The maximum atomic E-state index is 12.4. The lowest BCUT2D eigenvalue weighted by molar-refractivity contribution is -0.153. The molecular formula is C15H26N2O4. The number of rotatable bonds is 4. The minimum atomic E-state index is -0.790. The molecule has 2 atom stereocenters. The van der Waals surface area contributed by atoms with E-state index in [9.17, 15) is 14.7 Å². The molecule has 6 nitrogen and oxygen atoms in total. The van der Waals surface area contributed by atoms with Crippen LogP contribution in [0.25, 0.3) is 0 Å². The van der Waals surface area contributed by atoms with E-state index < -0.39 is 11.4 Å². The molecule has 0 aromatic heterocycles. The van der Waals surface area contributed by atoms with E-state index in [0.29, 0.717) is 26.1 Å². The second-order valence-corrected chi connectivity index (χ2v) is 6.61. The number of carboxylic acids is 1. The minimum Gasteiger partial charge on any atom is -0.481 e. The number of nitrogens with zero attached hydrogens (tertiary/aromatic N) is 1. The van der Waals surface area contributed by atoms with E-state index >= 15 is 0 Å². The number of carbonyl (C=O) groups is 2. The zero-order valence-electron chi connectivity index (χ0n) is 12.9. The van der Waals surface area contributed by atoms with E-state index in [4.69, 9.17) is 4.74 Å². The highest BCUT2D eigenvalue weighted by Gasteiger charge is 2.40. The third-order valence-corrected chi connectivity index (χ3v) is 4.75. The number of carboxylic acid groups (broad SMARTS) is 1. The van der Waals surface area contributed by atoms with Gasteiger partial charge in [0.25, 0.3) is 0 Å². The Hall–Kier alpha value is -1.14. The van der Waals surface area contributed by atoms with Crippen molar-refractivity contribution < 1.29 is 19.4 Å². The molecule has 2 rings (SSSR count). The first-order valence-corrected chi connectivity index (χ1v) is 7.74. The van der Waals surface area contributed by atoms with Crippen LogP contribution in [-0.2, 0) is 14.3 Å². The Morgan fingerprint density at radius 1 is 1.43 bits per heavy atom. The number of hydrogen-bond donors (Lipinski definition) is 2. The van der Waals surface area contributed by atoms with Crippen LogP contribution in [0.1, 0.15) is 33.1 Å². The van der Waals surface area contributed by atoms with E-state index in [1.807, 2.05) is 4.90 Å². The number of piperidine rings is 1. The summed E-state index contributed by atoms with van der Waals surface area (Å²) in [7, 11) is 0. The maximum absolute atomic E-state index is 12.4. The second kappa shape index (κ2) is 6.75. The molecule has 2 saturated heterocycles. The van der Waals surface area contributed by atoms with E-state index in [2.05, 4.69) is 5.32 Å². The summed E-state index contributed by atoms with van der Waals surface area (Å²) in [5.41, 5.74) is -0.790. The third kappa shape index (κ3) is 3.95. The van der Waals surface area contributed by atoms with Crippen LogP contribution < -0.4 is 5.32 Å². The summed E-state index contributed by atoms with van der Waals surface area (Å²) in [4.78, 5) is 25.6. The molecule has 2 unspecified atom stereocenters. The molecule has 120 valence electrons. The van der Waals surface area contributed by atoms with Crippen molar-refractivity contribution in [1.29, 1.82) is 0 Å². The first-order chi connectivity index (χ1) is 9.91. The van der Waals surface area contributed by atoms with Crippen LogP contribution in [0.4, 0.5) is 0 Å². The van der Waals surface area contributed by atoms with E-state index in [1.54, 1.807) is 13.8 Å². The number of hydrogen-bond acceptors (Lipinski definition) is 4. The molecule has 21 heavy (non-hydrogen) atoms. The van der Waals surface area contributed by atoms with Crippen LogP contribution in [0.5, 0.6) is 0 Å². The van der Waals surface area contributed by atoms with Crippen molar-refractivity contribution in [2.24, 2.45) is 11.3 Å². The highest BCUT2D eigenvalue weighted by Crippen LogP contribution is 2.34. The summed E-state index contributed by atoms with van der Waals surface area (Å²) >= 11 is 0. The van der Waals surface area contributed by atoms with Crippen molar-refractivity contribution in [3.63, 3.8) is 0 Å². The summed E-state index contributed by atoms with van der Waals surface area (Å²) in [6.07, 6.45) is 2.06. The van der Waals surface area contributed by atoms with Crippen LogP contribution in [0.2, 0.25) is 0 Å². The standard InChI is InChI=1S/C15H26N2O4/c1-15(2,14(19)20)11-4-3-6-17(10-11)13(18)8-12-9-16-5-7-21-12/h11-12,16H,3-10H2,1-2H3,(H,19,20). The fourth-order valence-corrected chi connectivity index (χ4v) is 3.04. The molecule has 2 N–H and O–H groups in total. The van der Waals surface area contributed by atoms with Crippen LogP contribution in [0, 0.1) is 11.3 Å². The third-order valence-electron chi connectivity index (χ3n) is 4.75. The van der Waals surface area contributed by atoms with Crippen molar-refractivity contribution in [3.8, 4) is 0 Å². The molecule has 1 amide bonds. The largest absolute Gasteiger partial charge is 0.481 e. The van der Waals surface area contributed by atoms with Gasteiger partial charge >= 0.3 is 5.97 Å². The molecule has 0 radical (unpaired) electrons. The number of carbonyl (C=O) groups excluding carboxylic acids is 1. The van der Waals surface area contributed by atoms with Gasteiger partial charge in [0, 0.05) is 26.2 Å². The molecule has 0 aromatic carbocycles. The summed E-state index contributed by atoms with van der Waals surface area (Å²) < 4.78 is 5.57. The average molecular weight is 298 g/mol. The lowest BCUT2D eigenvalue weighted by Gasteiger charge is -2.39. The van der Waals surface area contributed by atoms with Crippen molar-refractivity contribution in [2.75, 3.05) is 32.8 Å². The molecule has 2 aliphatic heterocycles. The lowest BCUT2D eigenvalue weighted by Crippen LogP contribution is -2.48. The SMILES string of the molecule is CC(C)(C(=O)O)C1CCCN(C(=O)CC2CNCCO2)C1. The predicted octanol–water partition coefficient (Wildman–Crippen LogP) is 0.714. The number of amides is 1. The van der Waals surface area contributed by atoms with E-state index in [1.165, 1.54) is 0 Å². The smallest absolute Gasteiger partial charge is 0.309 e. The zero-order chi connectivity index (χ0) is 15.5. The molecule has 0 saturated carbocycles. The van der Waals surface area contributed by atoms with Crippen LogP contribution >= 0.6 is 0 Å². The highest BCUT2D eigenvalue weighted by atomic mass is 16.5. The van der Waals surface area contributed by atoms with Gasteiger partial charge in [-0.3, -0.25) is 9.59 Å². The van der Waals surface area contributed by atoms with E-state index in [0.717, 1.165) is 25.9 Å². The first-order valence-electron chi connectivity index (χ1n) is 7.74.